The van der Waals surface area contributed by atoms with Gasteiger partial charge in [-0.05, 0) is 24.6 Å². The van der Waals surface area contributed by atoms with Gasteiger partial charge in [0, 0.05) is 45.6 Å². The number of carbonyl (C=O) groups excluding carboxylic acids is 1. The third kappa shape index (κ3) is 4.56. The fourth-order valence-corrected chi connectivity index (χ4v) is 2.42. The molecule has 0 aromatic heterocycles. The van der Waals surface area contributed by atoms with Crippen LogP contribution in [0.25, 0.3) is 0 Å². The van der Waals surface area contributed by atoms with Crippen molar-refractivity contribution >= 4 is 11.6 Å². The van der Waals surface area contributed by atoms with Gasteiger partial charge in [0.05, 0.1) is 5.92 Å². The molecule has 23 heavy (non-hydrogen) atoms. The van der Waals surface area contributed by atoms with Crippen LogP contribution in [0.2, 0.25) is 0 Å². The maximum Gasteiger partial charge on any atom is 0.227 e. The van der Waals surface area contributed by atoms with Gasteiger partial charge in [-0.1, -0.05) is 12.1 Å². The molecule has 0 radical (unpaired) electrons. The van der Waals surface area contributed by atoms with E-state index in [1.807, 2.05) is 50.2 Å². The van der Waals surface area contributed by atoms with Crippen LogP contribution in [0.15, 0.2) is 34.5 Å². The van der Waals surface area contributed by atoms with E-state index >= 15 is 0 Å². The van der Waals surface area contributed by atoms with E-state index in [0.29, 0.717) is 19.4 Å². The zero-order valence-corrected chi connectivity index (χ0v) is 14.0. The monoisotopic (exact) mass is 312 g/mol. The van der Waals surface area contributed by atoms with Gasteiger partial charge in [0.1, 0.15) is 0 Å². The fourth-order valence-electron chi connectivity index (χ4n) is 2.42. The second-order valence-electron chi connectivity index (χ2n) is 6.14. The summed E-state index contributed by atoms with van der Waals surface area (Å²) in [5, 5.41) is 11.1. The van der Waals surface area contributed by atoms with Gasteiger partial charge in [-0.2, -0.15) is 10.2 Å². The van der Waals surface area contributed by atoms with Crippen molar-refractivity contribution in [3.63, 3.8) is 0 Å². The Labute approximate surface area is 138 Å². The highest BCUT2D eigenvalue weighted by atomic mass is 16.1. The van der Waals surface area contributed by atoms with Gasteiger partial charge in [0.25, 0.3) is 0 Å². The third-order valence-corrected chi connectivity index (χ3v) is 4.18. The molecule has 1 aromatic rings. The van der Waals surface area contributed by atoms with Gasteiger partial charge in [0.15, 0.2) is 5.66 Å². The van der Waals surface area contributed by atoms with Crippen molar-refractivity contribution in [2.45, 2.75) is 37.8 Å². The Morgan fingerprint density at radius 2 is 1.96 bits per heavy atom. The van der Waals surface area contributed by atoms with Crippen LogP contribution < -0.4 is 10.2 Å². The highest BCUT2D eigenvalue weighted by molar-refractivity contribution is 5.83. The molecular weight excluding hydrogens is 288 g/mol. The fraction of sp³-hybridized carbons (Fsp3) is 0.500. The van der Waals surface area contributed by atoms with Crippen molar-refractivity contribution < 1.29 is 4.79 Å². The molecule has 1 aromatic carbocycles. The SMILES string of the molecule is C#CCCC1(CCNC(=O)C(C)c2ccc(N(C)C)cc2)N=N1. The first kappa shape index (κ1) is 17.0. The number of carbonyl (C=O) groups is 1. The molecule has 1 aliphatic rings. The molecule has 0 fully saturated rings. The maximum atomic E-state index is 12.3. The predicted molar refractivity (Wildman–Crippen MR) is 92.5 cm³/mol. The molecule has 0 bridgehead atoms. The minimum atomic E-state index is -0.337. The molecule has 1 N–H and O–H groups in total. The van der Waals surface area contributed by atoms with Gasteiger partial charge in [-0.15, -0.1) is 12.3 Å². The number of nitrogens with one attached hydrogen (secondary N) is 1. The second kappa shape index (κ2) is 7.28. The first-order valence-corrected chi connectivity index (χ1v) is 7.90. The van der Waals surface area contributed by atoms with E-state index in [4.69, 9.17) is 6.42 Å². The number of amides is 1. The molecule has 122 valence electrons. The van der Waals surface area contributed by atoms with E-state index in [0.717, 1.165) is 17.7 Å². The largest absolute Gasteiger partial charge is 0.378 e. The summed E-state index contributed by atoms with van der Waals surface area (Å²) in [6, 6.07) is 8.05. The summed E-state index contributed by atoms with van der Waals surface area (Å²) in [7, 11) is 3.99. The Hall–Kier alpha value is -2.35. The average molecular weight is 312 g/mol. The summed E-state index contributed by atoms with van der Waals surface area (Å²) in [6.07, 6.45) is 7.41. The van der Waals surface area contributed by atoms with Crippen LogP contribution in [0.5, 0.6) is 0 Å². The Bertz CT molecular complexity index is 607. The minimum Gasteiger partial charge on any atom is -0.378 e. The van der Waals surface area contributed by atoms with Crippen LogP contribution in [0, 0.1) is 12.3 Å². The van der Waals surface area contributed by atoms with E-state index in [9.17, 15) is 4.79 Å². The summed E-state index contributed by atoms with van der Waals surface area (Å²) in [6.45, 7) is 2.48. The molecule has 0 aliphatic carbocycles. The number of anilines is 1. The van der Waals surface area contributed by atoms with Crippen LogP contribution >= 0.6 is 0 Å². The Kier molecular flexibility index (Phi) is 5.38. The van der Waals surface area contributed by atoms with Crippen molar-refractivity contribution in [1.82, 2.24) is 5.32 Å². The van der Waals surface area contributed by atoms with Crippen LogP contribution in [0.3, 0.4) is 0 Å². The van der Waals surface area contributed by atoms with Crippen LogP contribution in [-0.2, 0) is 4.79 Å². The minimum absolute atomic E-state index is 0.0235. The molecule has 1 atom stereocenters. The molecule has 1 aliphatic heterocycles. The zero-order valence-electron chi connectivity index (χ0n) is 14.0. The quantitative estimate of drug-likeness (QED) is 0.750. The summed E-state index contributed by atoms with van der Waals surface area (Å²) in [5.74, 6) is 2.45. The van der Waals surface area contributed by atoms with E-state index in [1.54, 1.807) is 0 Å². The normalized spacial score (nSPS) is 15.6. The number of terminal acetylenes is 1. The van der Waals surface area contributed by atoms with Gasteiger partial charge in [0.2, 0.25) is 5.91 Å². The van der Waals surface area contributed by atoms with Gasteiger partial charge >= 0.3 is 0 Å². The maximum absolute atomic E-state index is 12.3. The van der Waals surface area contributed by atoms with Crippen molar-refractivity contribution in [3.8, 4) is 12.3 Å². The second-order valence-corrected chi connectivity index (χ2v) is 6.14. The van der Waals surface area contributed by atoms with Crippen LogP contribution in [0.4, 0.5) is 5.69 Å². The molecule has 0 saturated carbocycles. The van der Waals surface area contributed by atoms with E-state index in [2.05, 4.69) is 21.5 Å². The lowest BCUT2D eigenvalue weighted by atomic mass is 9.99. The molecule has 5 heteroatoms. The van der Waals surface area contributed by atoms with Gasteiger partial charge in [-0.3, -0.25) is 4.79 Å². The lowest BCUT2D eigenvalue weighted by Crippen LogP contribution is -2.31. The number of benzene rings is 1. The van der Waals surface area contributed by atoms with Gasteiger partial charge < -0.3 is 10.2 Å². The molecule has 1 unspecified atom stereocenters. The number of hydrogen-bond donors (Lipinski definition) is 1. The van der Waals surface area contributed by atoms with Crippen molar-refractivity contribution in [3.05, 3.63) is 29.8 Å². The highest BCUT2D eigenvalue weighted by Crippen LogP contribution is 2.36. The summed E-state index contributed by atoms with van der Waals surface area (Å²) in [5.41, 5.74) is 1.79. The molecule has 5 nitrogen and oxygen atoms in total. The topological polar surface area (TPSA) is 57.1 Å². The zero-order chi connectivity index (χ0) is 16.9. The molecule has 1 amide bonds. The Morgan fingerprint density at radius 1 is 1.30 bits per heavy atom. The first-order valence-electron chi connectivity index (χ1n) is 7.90. The molecule has 0 saturated heterocycles. The summed E-state index contributed by atoms with van der Waals surface area (Å²) in [4.78, 5) is 14.3. The molecule has 0 spiro atoms. The first-order chi connectivity index (χ1) is 11.0. The van der Waals surface area contributed by atoms with E-state index < -0.39 is 0 Å². The lowest BCUT2D eigenvalue weighted by Gasteiger charge is -2.16. The molecule has 1 heterocycles. The molecular formula is C18H24N4O. The molecule has 2 rings (SSSR count). The van der Waals surface area contributed by atoms with Crippen molar-refractivity contribution in [1.29, 1.82) is 0 Å². The Balaban J connectivity index is 1.80. The predicted octanol–water partition coefficient (Wildman–Crippen LogP) is 2.94. The van der Waals surface area contributed by atoms with E-state index in [1.165, 1.54) is 0 Å². The van der Waals surface area contributed by atoms with Crippen molar-refractivity contribution in [2.75, 3.05) is 25.5 Å². The number of hydrogen-bond acceptors (Lipinski definition) is 4. The van der Waals surface area contributed by atoms with Gasteiger partial charge in [-0.25, -0.2) is 0 Å². The van der Waals surface area contributed by atoms with Crippen LogP contribution in [-0.4, -0.2) is 32.2 Å². The third-order valence-electron chi connectivity index (χ3n) is 4.18. The van der Waals surface area contributed by atoms with Crippen molar-refractivity contribution in [2.24, 2.45) is 10.2 Å². The number of nitrogens with zero attached hydrogens (tertiary/aromatic N) is 3. The van der Waals surface area contributed by atoms with E-state index in [-0.39, 0.29) is 17.5 Å². The van der Waals surface area contributed by atoms with Crippen LogP contribution in [0.1, 0.15) is 37.7 Å². The standard InChI is InChI=1S/C18H24N4O/c1-5-6-11-18(20-21-18)12-13-19-17(23)14(2)15-7-9-16(10-8-15)22(3)4/h1,7-10,14H,6,11-13H2,2-4H3,(H,19,23). The average Bonchev–Trinajstić information content (AvgIpc) is 3.32. The highest BCUT2D eigenvalue weighted by Gasteiger charge is 2.38. The summed E-state index contributed by atoms with van der Waals surface area (Å²) < 4.78 is 0. The smallest absolute Gasteiger partial charge is 0.227 e. The lowest BCUT2D eigenvalue weighted by molar-refractivity contribution is -0.122. The Morgan fingerprint density at radius 3 is 2.48 bits per heavy atom. The number of rotatable bonds is 8. The summed E-state index contributed by atoms with van der Waals surface area (Å²) >= 11 is 0.